The molecule has 1 amide bonds. The van der Waals surface area contributed by atoms with E-state index >= 15 is 0 Å². The van der Waals surface area contributed by atoms with Crippen molar-refractivity contribution in [3.63, 3.8) is 0 Å². The molecule has 0 saturated carbocycles. The molecule has 1 aromatic carbocycles. The van der Waals surface area contributed by atoms with Crippen molar-refractivity contribution < 1.29 is 18.3 Å². The standard InChI is InChI=1S/C17H25ClF2N4O2/c1-4-21-17(23-8-7-22-15(25)11(2)3)24-10-12-9-13(18)5-6-14(12)26-16(19)20/h5-6,9,11,16H,4,7-8,10H2,1-3H3,(H,22,25)(H2,21,23,24). The van der Waals surface area contributed by atoms with Gasteiger partial charge in [0.05, 0.1) is 6.54 Å². The highest BCUT2D eigenvalue weighted by Gasteiger charge is 2.10. The summed E-state index contributed by atoms with van der Waals surface area (Å²) in [6.45, 7) is 4.27. The second-order valence-corrected chi connectivity index (χ2v) is 6.13. The van der Waals surface area contributed by atoms with Gasteiger partial charge in [-0.15, -0.1) is 0 Å². The quantitative estimate of drug-likeness (QED) is 0.344. The van der Waals surface area contributed by atoms with Crippen molar-refractivity contribution in [3.8, 4) is 5.75 Å². The Morgan fingerprint density at radius 2 is 1.92 bits per heavy atom. The van der Waals surface area contributed by atoms with E-state index in [4.69, 9.17) is 11.6 Å². The van der Waals surface area contributed by atoms with Crippen LogP contribution in [0, 0.1) is 5.92 Å². The van der Waals surface area contributed by atoms with Gasteiger partial charge < -0.3 is 20.7 Å². The van der Waals surface area contributed by atoms with Gasteiger partial charge in [0.1, 0.15) is 5.75 Å². The number of hydrogen-bond acceptors (Lipinski definition) is 3. The van der Waals surface area contributed by atoms with Crippen LogP contribution in [0.2, 0.25) is 5.02 Å². The van der Waals surface area contributed by atoms with E-state index in [1.165, 1.54) is 18.2 Å². The molecule has 1 aromatic rings. The number of aliphatic imine (C=N–C) groups is 1. The molecule has 0 bridgehead atoms. The zero-order chi connectivity index (χ0) is 19.5. The number of carbonyl (C=O) groups excluding carboxylic acids is 1. The molecule has 0 aliphatic heterocycles. The fraction of sp³-hybridized carbons (Fsp3) is 0.529. The van der Waals surface area contributed by atoms with Gasteiger partial charge in [-0.3, -0.25) is 4.79 Å². The molecule has 0 aliphatic rings. The molecule has 0 aliphatic carbocycles. The summed E-state index contributed by atoms with van der Waals surface area (Å²) in [5.41, 5.74) is 0.447. The summed E-state index contributed by atoms with van der Waals surface area (Å²) in [4.78, 5) is 15.9. The molecule has 9 heteroatoms. The lowest BCUT2D eigenvalue weighted by Crippen LogP contribution is -2.42. The Balaban J connectivity index is 2.68. The van der Waals surface area contributed by atoms with Gasteiger partial charge in [0.25, 0.3) is 0 Å². The van der Waals surface area contributed by atoms with Crippen LogP contribution in [-0.4, -0.2) is 38.1 Å². The fourth-order valence-electron chi connectivity index (χ4n) is 1.96. The number of ether oxygens (including phenoxy) is 1. The van der Waals surface area contributed by atoms with Crippen LogP contribution >= 0.6 is 11.6 Å². The Hall–Kier alpha value is -2.09. The molecular formula is C17H25ClF2N4O2. The number of amides is 1. The van der Waals surface area contributed by atoms with E-state index in [2.05, 4.69) is 25.7 Å². The Morgan fingerprint density at radius 1 is 1.23 bits per heavy atom. The van der Waals surface area contributed by atoms with Crippen LogP contribution in [0.15, 0.2) is 23.2 Å². The average molecular weight is 391 g/mol. The maximum Gasteiger partial charge on any atom is 0.387 e. The zero-order valence-corrected chi connectivity index (χ0v) is 15.9. The van der Waals surface area contributed by atoms with Gasteiger partial charge in [-0.25, -0.2) is 4.99 Å². The van der Waals surface area contributed by atoms with E-state index < -0.39 is 6.61 Å². The molecule has 6 nitrogen and oxygen atoms in total. The summed E-state index contributed by atoms with van der Waals surface area (Å²) >= 11 is 5.92. The number of hydrogen-bond donors (Lipinski definition) is 3. The highest BCUT2D eigenvalue weighted by atomic mass is 35.5. The third-order valence-corrected chi connectivity index (χ3v) is 3.47. The lowest BCUT2D eigenvalue weighted by Gasteiger charge is -2.14. The minimum atomic E-state index is -2.92. The molecule has 26 heavy (non-hydrogen) atoms. The Bertz CT molecular complexity index is 612. The monoisotopic (exact) mass is 390 g/mol. The first kappa shape index (κ1) is 22.0. The van der Waals surface area contributed by atoms with Crippen molar-refractivity contribution in [2.45, 2.75) is 33.9 Å². The average Bonchev–Trinajstić information content (AvgIpc) is 2.57. The summed E-state index contributed by atoms with van der Waals surface area (Å²) in [5.74, 6) is 0.428. The first-order chi connectivity index (χ1) is 12.3. The van der Waals surface area contributed by atoms with Gasteiger partial charge in [0.15, 0.2) is 5.96 Å². The summed E-state index contributed by atoms with van der Waals surface area (Å²) < 4.78 is 29.5. The molecular weight excluding hydrogens is 366 g/mol. The van der Waals surface area contributed by atoms with E-state index in [1.807, 2.05) is 20.8 Å². The molecule has 146 valence electrons. The number of benzene rings is 1. The third-order valence-electron chi connectivity index (χ3n) is 3.23. The SMILES string of the molecule is CCNC(=NCc1cc(Cl)ccc1OC(F)F)NCCNC(=O)C(C)C. The fourth-order valence-corrected chi connectivity index (χ4v) is 2.15. The summed E-state index contributed by atoms with van der Waals surface area (Å²) in [5, 5.41) is 9.30. The predicted molar refractivity (Wildman–Crippen MR) is 98.8 cm³/mol. The summed E-state index contributed by atoms with van der Waals surface area (Å²) in [7, 11) is 0. The van der Waals surface area contributed by atoms with Crippen molar-refractivity contribution in [2.24, 2.45) is 10.9 Å². The smallest absolute Gasteiger partial charge is 0.387 e. The number of halogens is 3. The minimum absolute atomic E-state index is 0.0264. The lowest BCUT2D eigenvalue weighted by molar-refractivity contribution is -0.123. The lowest BCUT2D eigenvalue weighted by atomic mass is 10.2. The van der Waals surface area contributed by atoms with Gasteiger partial charge in [-0.2, -0.15) is 8.78 Å². The molecule has 0 aromatic heterocycles. The highest BCUT2D eigenvalue weighted by molar-refractivity contribution is 6.30. The maximum absolute atomic E-state index is 12.5. The molecule has 1 rings (SSSR count). The van der Waals surface area contributed by atoms with Crippen LogP contribution in [0.5, 0.6) is 5.75 Å². The molecule has 0 spiro atoms. The van der Waals surface area contributed by atoms with Gasteiger partial charge in [0, 0.05) is 36.1 Å². The summed E-state index contributed by atoms with van der Waals surface area (Å²) in [6, 6.07) is 4.41. The number of nitrogens with zero attached hydrogens (tertiary/aromatic N) is 1. The molecule has 0 unspecified atom stereocenters. The highest BCUT2D eigenvalue weighted by Crippen LogP contribution is 2.25. The molecule has 0 radical (unpaired) electrons. The van der Waals surface area contributed by atoms with Crippen LogP contribution in [0.3, 0.4) is 0 Å². The largest absolute Gasteiger partial charge is 0.434 e. The Morgan fingerprint density at radius 3 is 2.54 bits per heavy atom. The van der Waals surface area contributed by atoms with Crippen LogP contribution in [0.25, 0.3) is 0 Å². The van der Waals surface area contributed by atoms with Crippen molar-refractivity contribution in [1.82, 2.24) is 16.0 Å². The van der Waals surface area contributed by atoms with Crippen LogP contribution in [-0.2, 0) is 11.3 Å². The third kappa shape index (κ3) is 8.33. The van der Waals surface area contributed by atoms with E-state index in [0.717, 1.165) is 0 Å². The van der Waals surface area contributed by atoms with Gasteiger partial charge in [-0.1, -0.05) is 25.4 Å². The number of rotatable bonds is 9. The van der Waals surface area contributed by atoms with E-state index in [1.54, 1.807) is 0 Å². The molecule has 0 heterocycles. The summed E-state index contributed by atoms with van der Waals surface area (Å²) in [6.07, 6.45) is 0. The first-order valence-corrected chi connectivity index (χ1v) is 8.74. The van der Waals surface area contributed by atoms with Crippen molar-refractivity contribution in [2.75, 3.05) is 19.6 Å². The Kier molecular flexibility index (Phi) is 9.72. The number of alkyl halides is 2. The second-order valence-electron chi connectivity index (χ2n) is 5.70. The number of nitrogens with one attached hydrogen (secondary N) is 3. The van der Waals surface area contributed by atoms with Crippen LogP contribution < -0.4 is 20.7 Å². The maximum atomic E-state index is 12.5. The van der Waals surface area contributed by atoms with E-state index in [9.17, 15) is 13.6 Å². The first-order valence-electron chi connectivity index (χ1n) is 8.36. The van der Waals surface area contributed by atoms with Gasteiger partial charge in [-0.05, 0) is 25.1 Å². The van der Waals surface area contributed by atoms with Gasteiger partial charge in [0.2, 0.25) is 5.91 Å². The predicted octanol–water partition coefficient (Wildman–Crippen LogP) is 2.77. The topological polar surface area (TPSA) is 74.8 Å². The minimum Gasteiger partial charge on any atom is -0.434 e. The van der Waals surface area contributed by atoms with Crippen LogP contribution in [0.4, 0.5) is 8.78 Å². The van der Waals surface area contributed by atoms with E-state index in [-0.39, 0.29) is 24.1 Å². The van der Waals surface area contributed by atoms with Gasteiger partial charge >= 0.3 is 6.61 Å². The van der Waals surface area contributed by atoms with Crippen LogP contribution in [0.1, 0.15) is 26.3 Å². The number of carbonyl (C=O) groups is 1. The molecule has 0 fully saturated rings. The molecule has 0 atom stereocenters. The van der Waals surface area contributed by atoms with Crippen molar-refractivity contribution >= 4 is 23.5 Å². The number of guanidine groups is 1. The van der Waals surface area contributed by atoms with Crippen molar-refractivity contribution in [3.05, 3.63) is 28.8 Å². The molecule has 0 saturated heterocycles. The zero-order valence-electron chi connectivity index (χ0n) is 15.1. The Labute approximate surface area is 157 Å². The van der Waals surface area contributed by atoms with Crippen molar-refractivity contribution in [1.29, 1.82) is 0 Å². The normalized spacial score (nSPS) is 11.6. The second kappa shape index (κ2) is 11.5. The molecule has 3 N–H and O–H groups in total. The van der Waals surface area contributed by atoms with E-state index in [0.29, 0.717) is 36.2 Å².